The van der Waals surface area contributed by atoms with Crippen LogP contribution in [-0.4, -0.2) is 48.7 Å². The van der Waals surface area contributed by atoms with Crippen molar-refractivity contribution in [3.05, 3.63) is 41.7 Å². The molecule has 0 saturated carbocycles. The minimum absolute atomic E-state index is 0.0339. The van der Waals surface area contributed by atoms with Crippen LogP contribution in [0.1, 0.15) is 36.6 Å². The van der Waals surface area contributed by atoms with Crippen molar-refractivity contribution >= 4 is 16.9 Å². The number of hydrogen-bond donors (Lipinski definition) is 0. The summed E-state index contributed by atoms with van der Waals surface area (Å²) in [5.74, 6) is 0.0339. The minimum Gasteiger partial charge on any atom is -0.340 e. The highest BCUT2D eigenvalue weighted by atomic mass is 19.4. The number of piperidine rings is 1. The zero-order valence-corrected chi connectivity index (χ0v) is 15.9. The molecule has 1 atom stereocenters. The zero-order chi connectivity index (χ0) is 20.6. The molecule has 0 radical (unpaired) electrons. The molecule has 0 aliphatic carbocycles. The van der Waals surface area contributed by atoms with Crippen molar-refractivity contribution in [1.29, 1.82) is 0 Å². The Morgan fingerprint density at radius 3 is 2.83 bits per heavy atom. The van der Waals surface area contributed by atoms with Gasteiger partial charge in [0.25, 0.3) is 0 Å². The molecule has 1 aliphatic rings. The first kappa shape index (κ1) is 19.4. The molecule has 4 rings (SSSR count). The number of halogens is 3. The molecule has 1 saturated heterocycles. The van der Waals surface area contributed by atoms with Crippen LogP contribution >= 0.6 is 0 Å². The summed E-state index contributed by atoms with van der Waals surface area (Å²) in [6, 6.07) is 5.23. The third-order valence-corrected chi connectivity index (χ3v) is 5.22. The third kappa shape index (κ3) is 4.10. The molecule has 0 spiro atoms. The van der Waals surface area contributed by atoms with Crippen molar-refractivity contribution in [2.24, 2.45) is 0 Å². The van der Waals surface area contributed by atoms with Gasteiger partial charge in [-0.05, 0) is 44.0 Å². The van der Waals surface area contributed by atoms with E-state index in [-0.39, 0.29) is 17.5 Å². The third-order valence-electron chi connectivity index (χ3n) is 5.22. The first-order chi connectivity index (χ1) is 13.8. The van der Waals surface area contributed by atoms with E-state index in [0.717, 1.165) is 30.7 Å². The van der Waals surface area contributed by atoms with Crippen molar-refractivity contribution < 1.29 is 18.0 Å². The van der Waals surface area contributed by atoms with Gasteiger partial charge < -0.3 is 4.90 Å². The Bertz CT molecular complexity index is 1020. The number of rotatable bonds is 4. The van der Waals surface area contributed by atoms with Gasteiger partial charge in [0.2, 0.25) is 5.91 Å². The molecule has 7 nitrogen and oxygen atoms in total. The molecule has 10 heteroatoms. The van der Waals surface area contributed by atoms with Crippen LogP contribution in [0.15, 0.2) is 30.5 Å². The Hall–Kier alpha value is -2.91. The maximum absolute atomic E-state index is 12.9. The number of carbonyl (C=O) groups is 1. The summed E-state index contributed by atoms with van der Waals surface area (Å²) < 4.78 is 42.1. The normalized spacial score (nSPS) is 17.8. The lowest BCUT2D eigenvalue weighted by atomic mass is 10.0. The molecule has 0 bridgehead atoms. The van der Waals surface area contributed by atoms with E-state index < -0.39 is 11.7 Å². The van der Waals surface area contributed by atoms with Crippen LogP contribution in [0.5, 0.6) is 0 Å². The Balaban J connectivity index is 1.46. The van der Waals surface area contributed by atoms with Gasteiger partial charge >= 0.3 is 6.18 Å². The van der Waals surface area contributed by atoms with E-state index in [0.29, 0.717) is 31.6 Å². The topological polar surface area (TPSA) is 68.8 Å². The zero-order valence-electron chi connectivity index (χ0n) is 15.9. The predicted molar refractivity (Wildman–Crippen MR) is 99.0 cm³/mol. The van der Waals surface area contributed by atoms with E-state index in [4.69, 9.17) is 0 Å². The van der Waals surface area contributed by atoms with Gasteiger partial charge in [-0.3, -0.25) is 9.48 Å². The average molecular weight is 406 g/mol. The van der Waals surface area contributed by atoms with E-state index in [9.17, 15) is 18.0 Å². The van der Waals surface area contributed by atoms with Gasteiger partial charge in [0.15, 0.2) is 0 Å². The van der Waals surface area contributed by atoms with Gasteiger partial charge in [-0.25, -0.2) is 4.68 Å². The van der Waals surface area contributed by atoms with E-state index in [1.165, 1.54) is 6.07 Å². The van der Waals surface area contributed by atoms with Crippen LogP contribution < -0.4 is 0 Å². The summed E-state index contributed by atoms with van der Waals surface area (Å²) in [4.78, 5) is 14.4. The lowest BCUT2D eigenvalue weighted by molar-refractivity contribution is -0.137. The summed E-state index contributed by atoms with van der Waals surface area (Å²) in [5, 5.41) is 12.3. The molecule has 1 unspecified atom stereocenters. The van der Waals surface area contributed by atoms with E-state index in [1.54, 1.807) is 14.3 Å². The van der Waals surface area contributed by atoms with Crippen LogP contribution in [0.3, 0.4) is 0 Å². The van der Waals surface area contributed by atoms with Gasteiger partial charge in [0, 0.05) is 32.3 Å². The standard InChI is InChI=1S/C19H21F3N6O/c1-13-6-9-27(24-13)10-7-18(29)26-8-2-3-15(12-26)28-17-5-4-14(19(20,21)22)11-16(17)23-25-28/h4-6,9,11,15H,2-3,7-8,10,12H2,1H3. The Morgan fingerprint density at radius 2 is 2.10 bits per heavy atom. The average Bonchev–Trinajstić information content (AvgIpc) is 3.31. The fourth-order valence-corrected chi connectivity index (χ4v) is 3.72. The molecule has 3 aromatic rings. The first-order valence-corrected chi connectivity index (χ1v) is 9.51. The highest BCUT2D eigenvalue weighted by molar-refractivity contribution is 5.77. The summed E-state index contributed by atoms with van der Waals surface area (Å²) in [5.41, 5.74) is 0.912. The predicted octanol–water partition coefficient (Wildman–Crippen LogP) is 3.21. The maximum Gasteiger partial charge on any atom is 0.416 e. The van der Waals surface area contributed by atoms with Gasteiger partial charge in [0.05, 0.1) is 22.8 Å². The van der Waals surface area contributed by atoms with E-state index in [1.807, 2.05) is 19.2 Å². The molecule has 1 amide bonds. The number of nitrogens with zero attached hydrogens (tertiary/aromatic N) is 6. The fourth-order valence-electron chi connectivity index (χ4n) is 3.72. The largest absolute Gasteiger partial charge is 0.416 e. The quantitative estimate of drug-likeness (QED) is 0.667. The van der Waals surface area contributed by atoms with Gasteiger partial charge in [-0.1, -0.05) is 5.21 Å². The van der Waals surface area contributed by atoms with Crippen molar-refractivity contribution in [2.45, 2.75) is 44.9 Å². The highest BCUT2D eigenvalue weighted by Crippen LogP contribution is 2.32. The Morgan fingerprint density at radius 1 is 1.28 bits per heavy atom. The maximum atomic E-state index is 12.9. The van der Waals surface area contributed by atoms with Crippen LogP contribution in [0.25, 0.3) is 11.0 Å². The summed E-state index contributed by atoms with van der Waals surface area (Å²) >= 11 is 0. The first-order valence-electron chi connectivity index (χ1n) is 9.51. The molecule has 1 aromatic carbocycles. The number of hydrogen-bond acceptors (Lipinski definition) is 4. The second-order valence-electron chi connectivity index (χ2n) is 7.34. The number of aromatic nitrogens is 5. The Kier molecular flexibility index (Phi) is 5.01. The van der Waals surface area contributed by atoms with Crippen molar-refractivity contribution in [2.75, 3.05) is 13.1 Å². The monoisotopic (exact) mass is 406 g/mol. The number of fused-ring (bicyclic) bond motifs is 1. The summed E-state index contributed by atoms with van der Waals surface area (Å²) in [7, 11) is 0. The molecule has 154 valence electrons. The molecule has 1 fully saturated rings. The SMILES string of the molecule is Cc1ccn(CCC(=O)N2CCCC(n3nnc4cc(C(F)(F)F)ccc43)C2)n1. The lowest BCUT2D eigenvalue weighted by Gasteiger charge is -2.33. The van der Waals surface area contributed by atoms with Crippen LogP contribution in [0.4, 0.5) is 13.2 Å². The number of benzene rings is 1. The van der Waals surface area contributed by atoms with Crippen LogP contribution in [-0.2, 0) is 17.5 Å². The second kappa shape index (κ2) is 7.49. The number of aryl methyl sites for hydroxylation is 2. The van der Waals surface area contributed by atoms with Crippen LogP contribution in [0, 0.1) is 6.92 Å². The smallest absolute Gasteiger partial charge is 0.340 e. The number of likely N-dealkylation sites (tertiary alicyclic amines) is 1. The van der Waals surface area contributed by atoms with Crippen molar-refractivity contribution in [3.8, 4) is 0 Å². The lowest BCUT2D eigenvalue weighted by Crippen LogP contribution is -2.41. The molecule has 2 aromatic heterocycles. The molecule has 3 heterocycles. The number of alkyl halides is 3. The fraction of sp³-hybridized carbons (Fsp3) is 0.474. The van der Waals surface area contributed by atoms with Gasteiger partial charge in [0.1, 0.15) is 5.52 Å². The minimum atomic E-state index is -4.42. The van der Waals surface area contributed by atoms with Crippen molar-refractivity contribution in [1.82, 2.24) is 29.7 Å². The summed E-state index contributed by atoms with van der Waals surface area (Å²) in [6.07, 6.45) is -0.626. The Labute approximate surface area is 165 Å². The van der Waals surface area contributed by atoms with Gasteiger partial charge in [-0.2, -0.15) is 18.3 Å². The van der Waals surface area contributed by atoms with Crippen molar-refractivity contribution in [3.63, 3.8) is 0 Å². The second-order valence-corrected chi connectivity index (χ2v) is 7.34. The molecule has 29 heavy (non-hydrogen) atoms. The highest BCUT2D eigenvalue weighted by Gasteiger charge is 2.32. The number of amides is 1. The molecule has 0 N–H and O–H groups in total. The van der Waals surface area contributed by atoms with E-state index in [2.05, 4.69) is 15.4 Å². The van der Waals surface area contributed by atoms with Gasteiger partial charge in [-0.15, -0.1) is 5.10 Å². The summed E-state index contributed by atoms with van der Waals surface area (Å²) in [6.45, 7) is 3.54. The molecular formula is C19H21F3N6O. The molecular weight excluding hydrogens is 385 g/mol. The van der Waals surface area contributed by atoms with E-state index >= 15 is 0 Å². The van der Waals surface area contributed by atoms with Crippen LogP contribution in [0.2, 0.25) is 0 Å². The molecule has 1 aliphatic heterocycles. The number of carbonyl (C=O) groups excluding carboxylic acids is 1.